The maximum Gasteiger partial charge on any atom is 0.422 e. The van der Waals surface area contributed by atoms with Crippen molar-refractivity contribution in [3.63, 3.8) is 0 Å². The van der Waals surface area contributed by atoms with Crippen molar-refractivity contribution in [1.82, 2.24) is 4.72 Å². The summed E-state index contributed by atoms with van der Waals surface area (Å²) in [5.41, 5.74) is 6.78. The van der Waals surface area contributed by atoms with Crippen molar-refractivity contribution in [1.29, 1.82) is 0 Å². The van der Waals surface area contributed by atoms with Crippen molar-refractivity contribution >= 4 is 43.6 Å². The van der Waals surface area contributed by atoms with Gasteiger partial charge in [0.25, 0.3) is 0 Å². The molecular formula is C10H14BrN3O4S. The Labute approximate surface area is 119 Å². The van der Waals surface area contributed by atoms with Crippen molar-refractivity contribution in [2.45, 2.75) is 13.8 Å². The van der Waals surface area contributed by atoms with Crippen LogP contribution < -0.4 is 15.2 Å². The van der Waals surface area contributed by atoms with Gasteiger partial charge in [0.15, 0.2) is 0 Å². The second-order valence-electron chi connectivity index (χ2n) is 3.61. The fourth-order valence-corrected chi connectivity index (χ4v) is 2.81. The Morgan fingerprint density at radius 3 is 2.63 bits per heavy atom. The van der Waals surface area contributed by atoms with Gasteiger partial charge in [0, 0.05) is 4.47 Å². The summed E-state index contributed by atoms with van der Waals surface area (Å²) >= 11 is 3.24. The number of nitrogens with one attached hydrogen (secondary N) is 2. The molecule has 0 spiro atoms. The molecule has 0 heterocycles. The average Bonchev–Trinajstić information content (AvgIpc) is 2.23. The molecule has 0 saturated heterocycles. The molecule has 1 aromatic carbocycles. The molecule has 0 aliphatic carbocycles. The molecule has 1 rings (SSSR count). The first kappa shape index (κ1) is 15.6. The third kappa shape index (κ3) is 4.60. The fraction of sp³-hybridized carbons (Fsp3) is 0.300. The van der Waals surface area contributed by atoms with Crippen LogP contribution in [0.3, 0.4) is 0 Å². The molecule has 7 nitrogen and oxygen atoms in total. The lowest BCUT2D eigenvalue weighted by molar-refractivity contribution is 0.159. The number of hydrogen-bond acceptors (Lipinski definition) is 5. The zero-order valence-electron chi connectivity index (χ0n) is 10.4. The first-order valence-electron chi connectivity index (χ1n) is 5.28. The molecule has 0 atom stereocenters. The number of ether oxygens (including phenoxy) is 1. The second-order valence-corrected chi connectivity index (χ2v) is 5.95. The Morgan fingerprint density at radius 1 is 1.47 bits per heavy atom. The van der Waals surface area contributed by atoms with Gasteiger partial charge in [0.1, 0.15) is 0 Å². The normalized spacial score (nSPS) is 10.9. The highest BCUT2D eigenvalue weighted by molar-refractivity contribution is 9.10. The van der Waals surface area contributed by atoms with E-state index in [0.717, 1.165) is 4.47 Å². The second kappa shape index (κ2) is 6.11. The number of halogens is 1. The molecule has 9 heteroatoms. The monoisotopic (exact) mass is 351 g/mol. The summed E-state index contributed by atoms with van der Waals surface area (Å²) in [6.07, 6.45) is -1.05. The number of benzene rings is 1. The van der Waals surface area contributed by atoms with E-state index in [2.05, 4.69) is 25.4 Å². The van der Waals surface area contributed by atoms with Crippen LogP contribution in [-0.2, 0) is 14.9 Å². The van der Waals surface area contributed by atoms with Crippen molar-refractivity contribution in [2.75, 3.05) is 17.1 Å². The number of carbonyl (C=O) groups is 1. The number of carbonyl (C=O) groups excluding carboxylic acids is 1. The quantitative estimate of drug-likeness (QED) is 0.715. The smallest absolute Gasteiger partial charge is 0.422 e. The van der Waals surface area contributed by atoms with Crippen LogP contribution >= 0.6 is 15.9 Å². The largest absolute Gasteiger partial charge is 0.449 e. The van der Waals surface area contributed by atoms with E-state index in [4.69, 9.17) is 5.73 Å². The van der Waals surface area contributed by atoms with Gasteiger partial charge >= 0.3 is 16.3 Å². The lowest BCUT2D eigenvalue weighted by Crippen LogP contribution is -2.36. The summed E-state index contributed by atoms with van der Waals surface area (Å²) in [5.74, 6) is 0. The highest BCUT2D eigenvalue weighted by Crippen LogP contribution is 2.28. The van der Waals surface area contributed by atoms with E-state index in [1.807, 2.05) is 0 Å². The van der Waals surface area contributed by atoms with Crippen LogP contribution in [0, 0.1) is 6.92 Å². The van der Waals surface area contributed by atoms with Gasteiger partial charge in [0.2, 0.25) is 0 Å². The summed E-state index contributed by atoms with van der Waals surface area (Å²) in [7, 11) is -4.08. The Bertz CT molecular complexity index is 565. The molecule has 1 amide bonds. The third-order valence-electron chi connectivity index (χ3n) is 2.06. The summed E-state index contributed by atoms with van der Waals surface area (Å²) in [4.78, 5) is 11.1. The molecule has 0 saturated carbocycles. The van der Waals surface area contributed by atoms with E-state index < -0.39 is 16.3 Å². The minimum atomic E-state index is -4.08. The van der Waals surface area contributed by atoms with Crippen molar-refractivity contribution in [3.8, 4) is 0 Å². The van der Waals surface area contributed by atoms with E-state index in [9.17, 15) is 13.2 Å². The number of aryl methyl sites for hydroxylation is 1. The molecule has 0 fully saturated rings. The van der Waals surface area contributed by atoms with Gasteiger partial charge < -0.3 is 10.5 Å². The van der Waals surface area contributed by atoms with Crippen LogP contribution in [-0.4, -0.2) is 21.1 Å². The number of amides is 1. The Hall–Kier alpha value is -1.48. The molecule has 1 aromatic rings. The molecule has 0 aliphatic heterocycles. The van der Waals surface area contributed by atoms with Gasteiger partial charge in [-0.05, 0) is 31.5 Å². The van der Waals surface area contributed by atoms with Gasteiger partial charge in [-0.2, -0.15) is 8.42 Å². The lowest BCUT2D eigenvalue weighted by atomic mass is 10.2. The molecule has 0 bridgehead atoms. The Morgan fingerprint density at radius 2 is 2.11 bits per heavy atom. The van der Waals surface area contributed by atoms with Crippen LogP contribution in [0.1, 0.15) is 12.5 Å². The lowest BCUT2D eigenvalue weighted by Gasteiger charge is -2.13. The van der Waals surface area contributed by atoms with Crippen molar-refractivity contribution in [2.24, 2.45) is 0 Å². The Kier molecular flexibility index (Phi) is 5.01. The number of anilines is 2. The molecule has 0 unspecified atom stereocenters. The van der Waals surface area contributed by atoms with Crippen molar-refractivity contribution < 1.29 is 17.9 Å². The maximum atomic E-state index is 11.7. The van der Waals surface area contributed by atoms with Crippen LogP contribution in [0.4, 0.5) is 16.2 Å². The van der Waals surface area contributed by atoms with Crippen LogP contribution in [0.5, 0.6) is 0 Å². The van der Waals surface area contributed by atoms with Gasteiger partial charge in [-0.3, -0.25) is 4.72 Å². The summed E-state index contributed by atoms with van der Waals surface area (Å²) in [5, 5.41) is 0. The van der Waals surface area contributed by atoms with Gasteiger partial charge in [-0.15, -0.1) is 0 Å². The fourth-order valence-electron chi connectivity index (χ4n) is 1.34. The van der Waals surface area contributed by atoms with E-state index in [0.29, 0.717) is 5.56 Å². The summed E-state index contributed by atoms with van der Waals surface area (Å²) < 4.78 is 32.5. The molecular weight excluding hydrogens is 338 g/mol. The summed E-state index contributed by atoms with van der Waals surface area (Å²) in [6, 6.07) is 3.24. The highest BCUT2D eigenvalue weighted by Gasteiger charge is 2.17. The van der Waals surface area contributed by atoms with E-state index in [1.54, 1.807) is 30.7 Å². The molecule has 0 aliphatic rings. The third-order valence-corrected chi connectivity index (χ3v) is 3.43. The highest BCUT2D eigenvalue weighted by atomic mass is 79.9. The minimum absolute atomic E-state index is 0.0702. The number of rotatable bonds is 4. The van der Waals surface area contributed by atoms with Crippen LogP contribution in [0.25, 0.3) is 0 Å². The van der Waals surface area contributed by atoms with E-state index in [-0.39, 0.29) is 18.0 Å². The van der Waals surface area contributed by atoms with Crippen LogP contribution in [0.2, 0.25) is 0 Å². The average molecular weight is 352 g/mol. The van der Waals surface area contributed by atoms with E-state index >= 15 is 0 Å². The first-order valence-corrected chi connectivity index (χ1v) is 7.55. The van der Waals surface area contributed by atoms with Gasteiger partial charge in [-0.25, -0.2) is 9.52 Å². The van der Waals surface area contributed by atoms with Crippen LogP contribution in [0.15, 0.2) is 16.6 Å². The van der Waals surface area contributed by atoms with Crippen molar-refractivity contribution in [3.05, 3.63) is 22.2 Å². The number of nitrogens with two attached hydrogens (primary N) is 1. The zero-order chi connectivity index (χ0) is 14.6. The molecule has 106 valence electrons. The topological polar surface area (TPSA) is 111 Å². The predicted molar refractivity (Wildman–Crippen MR) is 76.0 cm³/mol. The molecule has 0 aromatic heterocycles. The first-order chi connectivity index (χ1) is 8.75. The molecule has 4 N–H and O–H groups in total. The summed E-state index contributed by atoms with van der Waals surface area (Å²) in [6.45, 7) is 3.32. The predicted octanol–water partition coefficient (Wildman–Crippen LogP) is 1.74. The van der Waals surface area contributed by atoms with Gasteiger partial charge in [0.05, 0.1) is 18.0 Å². The zero-order valence-corrected chi connectivity index (χ0v) is 12.8. The maximum absolute atomic E-state index is 11.7. The molecule has 0 radical (unpaired) electrons. The standard InChI is InChI=1S/C10H14BrN3O4S/c1-3-18-10(15)14-19(16,17)13-9-6(2)4-7(11)5-8(9)12/h4-5,13H,3,12H2,1-2H3,(H,14,15). The Balaban J connectivity index is 2.93. The number of hydrogen-bond donors (Lipinski definition) is 3. The van der Waals surface area contributed by atoms with Gasteiger partial charge in [-0.1, -0.05) is 15.9 Å². The SMILES string of the molecule is CCOC(=O)NS(=O)(=O)Nc1c(C)cc(Br)cc1N. The van der Waals surface area contributed by atoms with E-state index in [1.165, 1.54) is 0 Å². The minimum Gasteiger partial charge on any atom is -0.449 e. The number of nitrogen functional groups attached to an aromatic ring is 1. The molecule has 19 heavy (non-hydrogen) atoms.